The van der Waals surface area contributed by atoms with Crippen LogP contribution in [0.15, 0.2) is 48.5 Å². The molecule has 2 fully saturated rings. The van der Waals surface area contributed by atoms with Crippen molar-refractivity contribution in [2.24, 2.45) is 5.92 Å². The van der Waals surface area contributed by atoms with Crippen LogP contribution in [0.25, 0.3) is 11.1 Å². The number of rotatable bonds is 10. The fraction of sp³-hybridized carbons (Fsp3) is 0.517. The molecule has 0 N–H and O–H groups in total. The number of hydrogen-bond donors (Lipinski definition) is 0. The Morgan fingerprint density at radius 2 is 1.51 bits per heavy atom. The van der Waals surface area contributed by atoms with Crippen LogP contribution in [-0.4, -0.2) is 62.4 Å². The molecule has 186 valence electrons. The van der Waals surface area contributed by atoms with Gasteiger partial charge in [0.2, 0.25) is 0 Å². The Bertz CT molecular complexity index is 993. The van der Waals surface area contributed by atoms with Gasteiger partial charge in [-0.2, -0.15) is 0 Å². The molecule has 2 aromatic carbocycles. The first-order valence-electron chi connectivity index (χ1n) is 12.9. The molecular weight excluding hydrogens is 442 g/mol. The summed E-state index contributed by atoms with van der Waals surface area (Å²) in [5, 5.41) is 0. The maximum absolute atomic E-state index is 13.2. The van der Waals surface area contributed by atoms with E-state index in [-0.39, 0.29) is 30.0 Å². The summed E-state index contributed by atoms with van der Waals surface area (Å²) in [6.07, 6.45) is 4.48. The number of carbonyl (C=O) groups excluding carboxylic acids is 2. The van der Waals surface area contributed by atoms with Gasteiger partial charge < -0.3 is 19.1 Å². The predicted molar refractivity (Wildman–Crippen MR) is 133 cm³/mol. The van der Waals surface area contributed by atoms with Crippen molar-refractivity contribution >= 4 is 11.9 Å². The molecule has 2 unspecified atom stereocenters. The van der Waals surface area contributed by atoms with Gasteiger partial charge in [0.05, 0.1) is 13.2 Å². The summed E-state index contributed by atoms with van der Waals surface area (Å²) in [4.78, 5) is 27.9. The molecule has 1 amide bonds. The highest BCUT2D eigenvalue weighted by atomic mass is 16.6. The molecule has 3 aliphatic rings. The quantitative estimate of drug-likeness (QED) is 0.441. The zero-order valence-electron chi connectivity index (χ0n) is 20.5. The van der Waals surface area contributed by atoms with Gasteiger partial charge in [-0.15, -0.1) is 0 Å². The molecular formula is C29H35NO5. The van der Waals surface area contributed by atoms with Crippen molar-refractivity contribution in [2.75, 3.05) is 33.5 Å². The van der Waals surface area contributed by atoms with E-state index in [1.807, 2.05) is 17.0 Å². The van der Waals surface area contributed by atoms with Crippen LogP contribution >= 0.6 is 0 Å². The Kier molecular flexibility index (Phi) is 7.49. The van der Waals surface area contributed by atoms with Gasteiger partial charge in [-0.1, -0.05) is 48.5 Å². The summed E-state index contributed by atoms with van der Waals surface area (Å²) < 4.78 is 16.4. The number of fused-ring (bicyclic) bond motifs is 5. The van der Waals surface area contributed by atoms with Crippen LogP contribution in [0.2, 0.25) is 0 Å². The lowest BCUT2D eigenvalue weighted by Gasteiger charge is -2.37. The summed E-state index contributed by atoms with van der Waals surface area (Å²) in [5.74, 6) is 0.419. The van der Waals surface area contributed by atoms with E-state index in [4.69, 9.17) is 14.2 Å². The van der Waals surface area contributed by atoms with Gasteiger partial charge in [-0.05, 0) is 54.4 Å². The third-order valence-corrected chi connectivity index (χ3v) is 7.88. The molecule has 2 atom stereocenters. The summed E-state index contributed by atoms with van der Waals surface area (Å²) in [5.41, 5.74) is 4.90. The zero-order chi connectivity index (χ0) is 24.2. The number of Topliss-reactive ketones (excluding diaryl/α,β-unsaturated/α-hetero) is 1. The highest BCUT2D eigenvalue weighted by molar-refractivity contribution is 5.82. The van der Waals surface area contributed by atoms with Gasteiger partial charge in [-0.3, -0.25) is 4.79 Å². The third-order valence-electron chi connectivity index (χ3n) is 7.88. The van der Waals surface area contributed by atoms with Crippen LogP contribution < -0.4 is 0 Å². The first kappa shape index (κ1) is 24.0. The summed E-state index contributed by atoms with van der Waals surface area (Å²) in [7, 11) is 1.65. The molecule has 1 aliphatic carbocycles. The number of methoxy groups -OCH3 is 1. The van der Waals surface area contributed by atoms with Crippen molar-refractivity contribution in [1.29, 1.82) is 0 Å². The van der Waals surface area contributed by atoms with Crippen molar-refractivity contribution in [1.82, 2.24) is 4.90 Å². The van der Waals surface area contributed by atoms with Gasteiger partial charge in [0.1, 0.15) is 12.4 Å². The first-order valence-corrected chi connectivity index (χ1v) is 12.9. The lowest BCUT2D eigenvalue weighted by atomic mass is 9.86. The van der Waals surface area contributed by atoms with Crippen LogP contribution in [0.1, 0.15) is 55.6 Å². The Morgan fingerprint density at radius 1 is 0.886 bits per heavy atom. The van der Waals surface area contributed by atoms with E-state index in [0.717, 1.165) is 32.1 Å². The minimum atomic E-state index is -0.225. The van der Waals surface area contributed by atoms with Gasteiger partial charge in [0.25, 0.3) is 0 Å². The van der Waals surface area contributed by atoms with Gasteiger partial charge in [0.15, 0.2) is 0 Å². The fourth-order valence-electron chi connectivity index (χ4n) is 6.20. The number of benzene rings is 2. The van der Waals surface area contributed by atoms with E-state index in [0.29, 0.717) is 38.6 Å². The van der Waals surface area contributed by atoms with E-state index in [1.54, 1.807) is 7.11 Å². The van der Waals surface area contributed by atoms with Gasteiger partial charge >= 0.3 is 6.09 Å². The number of ether oxygens (including phenoxy) is 3. The number of ketones is 1. The molecule has 6 nitrogen and oxygen atoms in total. The van der Waals surface area contributed by atoms with E-state index >= 15 is 0 Å². The molecule has 2 bridgehead atoms. The van der Waals surface area contributed by atoms with Crippen molar-refractivity contribution in [3.8, 4) is 11.1 Å². The Hall–Kier alpha value is -2.70. The number of piperidine rings is 1. The second-order valence-corrected chi connectivity index (χ2v) is 9.94. The number of amides is 1. The van der Waals surface area contributed by atoms with Gasteiger partial charge in [0, 0.05) is 44.1 Å². The van der Waals surface area contributed by atoms with Gasteiger partial charge in [-0.25, -0.2) is 4.79 Å². The lowest BCUT2D eigenvalue weighted by Crippen LogP contribution is -2.48. The van der Waals surface area contributed by atoms with Crippen molar-refractivity contribution < 1.29 is 23.8 Å². The number of nitrogens with zero attached hydrogens (tertiary/aromatic N) is 1. The summed E-state index contributed by atoms with van der Waals surface area (Å²) in [6.45, 7) is 2.06. The monoisotopic (exact) mass is 477 g/mol. The Morgan fingerprint density at radius 3 is 2.14 bits per heavy atom. The van der Waals surface area contributed by atoms with E-state index < -0.39 is 0 Å². The molecule has 2 saturated heterocycles. The predicted octanol–water partition coefficient (Wildman–Crippen LogP) is 5.19. The smallest absolute Gasteiger partial charge is 0.410 e. The third kappa shape index (κ3) is 5.00. The van der Waals surface area contributed by atoms with E-state index in [1.165, 1.54) is 22.3 Å². The topological polar surface area (TPSA) is 65.1 Å². The molecule has 2 aliphatic heterocycles. The SMILES string of the molecule is COCCOCCCC(=O)C1CC2CCC(C1)N2C(=O)OCC1c2ccccc2-c2ccccc21. The first-order chi connectivity index (χ1) is 17.2. The van der Waals surface area contributed by atoms with Crippen molar-refractivity contribution in [2.45, 2.75) is 56.5 Å². The highest BCUT2D eigenvalue weighted by Crippen LogP contribution is 2.45. The summed E-state index contributed by atoms with van der Waals surface area (Å²) in [6, 6.07) is 17.0. The fourth-order valence-corrected chi connectivity index (χ4v) is 6.20. The van der Waals surface area contributed by atoms with Crippen LogP contribution in [0.4, 0.5) is 4.79 Å². The Balaban J connectivity index is 1.15. The standard InChI is InChI=1S/C29H35NO5/c1-33-15-16-34-14-6-11-28(31)20-17-21-12-13-22(18-20)30(21)29(32)35-19-27-25-9-4-2-7-23(25)24-8-3-5-10-26(24)27/h2-5,7-10,20-22,27H,6,11-19H2,1H3. The maximum atomic E-state index is 13.2. The number of carbonyl (C=O) groups is 2. The average molecular weight is 478 g/mol. The largest absolute Gasteiger partial charge is 0.448 e. The molecule has 35 heavy (non-hydrogen) atoms. The molecule has 5 rings (SSSR count). The molecule has 0 radical (unpaired) electrons. The lowest BCUT2D eigenvalue weighted by molar-refractivity contribution is -0.125. The van der Waals surface area contributed by atoms with Crippen molar-refractivity contribution in [3.05, 3.63) is 59.7 Å². The van der Waals surface area contributed by atoms with Crippen molar-refractivity contribution in [3.63, 3.8) is 0 Å². The second-order valence-electron chi connectivity index (χ2n) is 9.94. The minimum absolute atomic E-state index is 0.0455. The normalized spacial score (nSPS) is 22.7. The van der Waals surface area contributed by atoms with Crippen LogP contribution in [0.3, 0.4) is 0 Å². The molecule has 0 spiro atoms. The molecule has 0 saturated carbocycles. The molecule has 6 heteroatoms. The average Bonchev–Trinajstić information content (AvgIpc) is 3.35. The minimum Gasteiger partial charge on any atom is -0.448 e. The number of hydrogen-bond acceptors (Lipinski definition) is 5. The molecule has 0 aromatic heterocycles. The Labute approximate surface area is 207 Å². The maximum Gasteiger partial charge on any atom is 0.410 e. The zero-order valence-corrected chi connectivity index (χ0v) is 20.5. The van der Waals surface area contributed by atoms with E-state index in [9.17, 15) is 9.59 Å². The molecule has 2 heterocycles. The second kappa shape index (κ2) is 10.9. The van der Waals surface area contributed by atoms with Crippen LogP contribution in [-0.2, 0) is 19.0 Å². The molecule has 2 aromatic rings. The highest BCUT2D eigenvalue weighted by Gasteiger charge is 2.45. The van der Waals surface area contributed by atoms with E-state index in [2.05, 4.69) is 36.4 Å². The summed E-state index contributed by atoms with van der Waals surface area (Å²) >= 11 is 0. The van der Waals surface area contributed by atoms with Crippen LogP contribution in [0.5, 0.6) is 0 Å². The van der Waals surface area contributed by atoms with Crippen LogP contribution in [0, 0.1) is 5.92 Å².